The number of carbonyl (C=O) groups is 1. The molecule has 0 radical (unpaired) electrons. The minimum atomic E-state index is -0.420. The molecule has 120 valence electrons. The van der Waals surface area contributed by atoms with Crippen LogP contribution in [-0.2, 0) is 16.1 Å². The van der Waals surface area contributed by atoms with Crippen LogP contribution in [0.25, 0.3) is 6.08 Å². The maximum atomic E-state index is 11.8. The van der Waals surface area contributed by atoms with E-state index in [1.165, 1.54) is 19.3 Å². The Labute approximate surface area is 136 Å². The topological polar surface area (TPSA) is 55.8 Å². The van der Waals surface area contributed by atoms with Gasteiger partial charge in [-0.05, 0) is 43.2 Å². The first-order valence-electron chi connectivity index (χ1n) is 7.27. The Morgan fingerprint density at radius 1 is 1.13 bits per heavy atom. The predicted molar refractivity (Wildman–Crippen MR) is 89.4 cm³/mol. The maximum Gasteiger partial charge on any atom is 0.331 e. The van der Waals surface area contributed by atoms with E-state index in [1.807, 2.05) is 26.0 Å². The quantitative estimate of drug-likeness (QED) is 0.674. The summed E-state index contributed by atoms with van der Waals surface area (Å²) in [5.74, 6) is -0.00556. The summed E-state index contributed by atoms with van der Waals surface area (Å²) in [4.78, 5) is 11.8. The Bertz CT molecular complexity index is 712. The molecular formula is C19H20O4. The van der Waals surface area contributed by atoms with Crippen LogP contribution >= 0.6 is 0 Å². The van der Waals surface area contributed by atoms with Gasteiger partial charge in [0.05, 0.1) is 7.11 Å². The summed E-state index contributed by atoms with van der Waals surface area (Å²) in [6, 6.07) is 10.9. The fraction of sp³-hybridized carbons (Fsp3) is 0.211. The van der Waals surface area contributed by atoms with Crippen LogP contribution in [0.2, 0.25) is 0 Å². The molecule has 2 aromatic rings. The molecule has 0 aromatic heterocycles. The van der Waals surface area contributed by atoms with Crippen molar-refractivity contribution in [2.24, 2.45) is 0 Å². The average Bonchev–Trinajstić information content (AvgIpc) is 2.51. The molecule has 0 aliphatic heterocycles. The van der Waals surface area contributed by atoms with E-state index in [-0.39, 0.29) is 12.4 Å². The normalized spacial score (nSPS) is 10.7. The Hall–Kier alpha value is -2.75. The van der Waals surface area contributed by atoms with Crippen molar-refractivity contribution in [1.82, 2.24) is 0 Å². The van der Waals surface area contributed by atoms with E-state index in [0.717, 1.165) is 22.3 Å². The molecule has 2 aromatic carbocycles. The van der Waals surface area contributed by atoms with Gasteiger partial charge in [-0.25, -0.2) is 4.79 Å². The van der Waals surface area contributed by atoms with E-state index in [4.69, 9.17) is 9.47 Å². The van der Waals surface area contributed by atoms with Crippen molar-refractivity contribution in [1.29, 1.82) is 0 Å². The lowest BCUT2D eigenvalue weighted by atomic mass is 10.1. The van der Waals surface area contributed by atoms with Gasteiger partial charge in [0.1, 0.15) is 6.61 Å². The lowest BCUT2D eigenvalue weighted by Gasteiger charge is -2.05. The molecule has 0 atom stereocenters. The molecule has 1 N–H and O–H groups in total. The smallest absolute Gasteiger partial charge is 0.331 e. The van der Waals surface area contributed by atoms with Gasteiger partial charge in [0.25, 0.3) is 0 Å². The van der Waals surface area contributed by atoms with Crippen molar-refractivity contribution in [2.45, 2.75) is 20.5 Å². The molecule has 2 rings (SSSR count). The molecule has 0 fully saturated rings. The number of phenols is 1. The number of ether oxygens (including phenoxy) is 2. The number of hydrogen-bond donors (Lipinski definition) is 1. The first-order valence-corrected chi connectivity index (χ1v) is 7.27. The van der Waals surface area contributed by atoms with Gasteiger partial charge in [-0.15, -0.1) is 0 Å². The Kier molecular flexibility index (Phi) is 5.41. The summed E-state index contributed by atoms with van der Waals surface area (Å²) in [5.41, 5.74) is 3.99. The molecule has 0 saturated heterocycles. The van der Waals surface area contributed by atoms with Crippen LogP contribution in [0.4, 0.5) is 0 Å². The third-order valence-corrected chi connectivity index (χ3v) is 3.28. The van der Waals surface area contributed by atoms with Crippen molar-refractivity contribution in [3.63, 3.8) is 0 Å². The molecular weight excluding hydrogens is 292 g/mol. The molecule has 0 unspecified atom stereocenters. The number of methoxy groups -OCH3 is 1. The van der Waals surface area contributed by atoms with E-state index in [1.54, 1.807) is 18.2 Å². The van der Waals surface area contributed by atoms with E-state index in [9.17, 15) is 9.90 Å². The van der Waals surface area contributed by atoms with Crippen LogP contribution in [0.3, 0.4) is 0 Å². The van der Waals surface area contributed by atoms with E-state index in [0.29, 0.717) is 5.75 Å². The zero-order valence-corrected chi connectivity index (χ0v) is 13.5. The molecule has 0 aliphatic rings. The first kappa shape index (κ1) is 16.6. The highest BCUT2D eigenvalue weighted by Gasteiger charge is 2.03. The maximum absolute atomic E-state index is 11.8. The highest BCUT2D eigenvalue weighted by atomic mass is 16.5. The molecule has 0 saturated carbocycles. The number of aryl methyl sites for hydroxylation is 2. The van der Waals surface area contributed by atoms with Crippen molar-refractivity contribution >= 4 is 12.0 Å². The summed E-state index contributed by atoms with van der Waals surface area (Å²) in [5, 5.41) is 9.53. The summed E-state index contributed by atoms with van der Waals surface area (Å²) in [6.45, 7) is 4.26. The SMILES string of the molecule is COc1cc(/C=C/C(=O)OCc2cc(C)cc(C)c2)ccc1O. The van der Waals surface area contributed by atoms with Gasteiger partial charge in [0.2, 0.25) is 0 Å². The van der Waals surface area contributed by atoms with Gasteiger partial charge >= 0.3 is 5.97 Å². The van der Waals surface area contributed by atoms with Gasteiger partial charge in [-0.1, -0.05) is 35.4 Å². The fourth-order valence-corrected chi connectivity index (χ4v) is 2.32. The van der Waals surface area contributed by atoms with E-state index in [2.05, 4.69) is 6.07 Å². The standard InChI is InChI=1S/C19H20O4/c1-13-8-14(2)10-16(9-13)12-23-19(21)7-5-15-4-6-17(20)18(11-15)22-3/h4-11,20H,12H2,1-3H3/b7-5+. The van der Waals surface area contributed by atoms with Crippen molar-refractivity contribution < 1.29 is 19.4 Å². The minimum Gasteiger partial charge on any atom is -0.504 e. The van der Waals surface area contributed by atoms with Crippen molar-refractivity contribution in [2.75, 3.05) is 7.11 Å². The largest absolute Gasteiger partial charge is 0.504 e. The first-order chi connectivity index (χ1) is 11.0. The molecule has 0 bridgehead atoms. The number of aromatic hydroxyl groups is 1. The third kappa shape index (κ3) is 4.88. The Morgan fingerprint density at radius 3 is 2.48 bits per heavy atom. The Balaban J connectivity index is 1.96. The van der Waals surface area contributed by atoms with Gasteiger partial charge < -0.3 is 14.6 Å². The summed E-state index contributed by atoms with van der Waals surface area (Å²) < 4.78 is 10.3. The van der Waals surface area contributed by atoms with Gasteiger partial charge in [-0.3, -0.25) is 0 Å². The molecule has 0 aliphatic carbocycles. The summed E-state index contributed by atoms with van der Waals surface area (Å²) in [7, 11) is 1.47. The number of carbonyl (C=O) groups excluding carboxylic acids is 1. The second-order valence-corrected chi connectivity index (χ2v) is 5.37. The van der Waals surface area contributed by atoms with Gasteiger partial charge in [0, 0.05) is 6.08 Å². The number of phenolic OH excluding ortho intramolecular Hbond substituents is 1. The van der Waals surface area contributed by atoms with Crippen LogP contribution in [0.1, 0.15) is 22.3 Å². The van der Waals surface area contributed by atoms with E-state index >= 15 is 0 Å². The Morgan fingerprint density at radius 2 is 1.83 bits per heavy atom. The fourth-order valence-electron chi connectivity index (χ4n) is 2.32. The molecule has 0 spiro atoms. The van der Waals surface area contributed by atoms with Gasteiger partial charge in [-0.2, -0.15) is 0 Å². The highest BCUT2D eigenvalue weighted by Crippen LogP contribution is 2.26. The minimum absolute atomic E-state index is 0.0574. The van der Waals surface area contributed by atoms with Crippen molar-refractivity contribution in [3.8, 4) is 11.5 Å². The molecule has 0 heterocycles. The average molecular weight is 312 g/mol. The lowest BCUT2D eigenvalue weighted by molar-refractivity contribution is -0.138. The van der Waals surface area contributed by atoms with Crippen LogP contribution < -0.4 is 4.74 Å². The third-order valence-electron chi connectivity index (χ3n) is 3.28. The van der Waals surface area contributed by atoms with Crippen molar-refractivity contribution in [3.05, 3.63) is 64.7 Å². The monoisotopic (exact) mass is 312 g/mol. The number of hydrogen-bond acceptors (Lipinski definition) is 4. The predicted octanol–water partition coefficient (Wildman–Crippen LogP) is 3.77. The second-order valence-electron chi connectivity index (χ2n) is 5.37. The molecule has 4 nitrogen and oxygen atoms in total. The summed E-state index contributed by atoms with van der Waals surface area (Å²) in [6.07, 6.45) is 2.97. The molecule has 4 heteroatoms. The van der Waals surface area contributed by atoms with Crippen LogP contribution in [-0.4, -0.2) is 18.2 Å². The van der Waals surface area contributed by atoms with Crippen LogP contribution in [0.15, 0.2) is 42.5 Å². The number of benzene rings is 2. The highest BCUT2D eigenvalue weighted by molar-refractivity contribution is 5.87. The molecule has 0 amide bonds. The lowest BCUT2D eigenvalue weighted by Crippen LogP contribution is -2.01. The zero-order chi connectivity index (χ0) is 16.8. The van der Waals surface area contributed by atoms with Crippen LogP contribution in [0.5, 0.6) is 11.5 Å². The second kappa shape index (κ2) is 7.49. The van der Waals surface area contributed by atoms with Gasteiger partial charge in [0.15, 0.2) is 11.5 Å². The number of rotatable bonds is 5. The summed E-state index contributed by atoms with van der Waals surface area (Å²) >= 11 is 0. The van der Waals surface area contributed by atoms with E-state index < -0.39 is 5.97 Å². The number of esters is 1. The molecule has 23 heavy (non-hydrogen) atoms. The zero-order valence-electron chi connectivity index (χ0n) is 13.5. The van der Waals surface area contributed by atoms with Crippen LogP contribution in [0, 0.1) is 13.8 Å².